The molecule has 96 valence electrons. The number of ether oxygens (including phenoxy) is 2. The fraction of sp³-hybridized carbons (Fsp3) is 0.500. The number of carbonyl (C=O) groups excluding carboxylic acids is 1. The van der Waals surface area contributed by atoms with Gasteiger partial charge in [0.15, 0.2) is 6.10 Å². The number of epoxide rings is 1. The number of rotatable bonds is 4. The predicted octanol–water partition coefficient (Wildman–Crippen LogP) is 1.42. The summed E-state index contributed by atoms with van der Waals surface area (Å²) < 4.78 is 10.9. The van der Waals surface area contributed by atoms with Crippen molar-refractivity contribution in [2.75, 3.05) is 13.2 Å². The van der Waals surface area contributed by atoms with E-state index in [1.807, 2.05) is 18.2 Å². The van der Waals surface area contributed by atoms with Crippen LogP contribution in [0.25, 0.3) is 0 Å². The Balaban J connectivity index is 1.48. The van der Waals surface area contributed by atoms with Crippen LogP contribution in [0.5, 0.6) is 0 Å². The van der Waals surface area contributed by atoms with Gasteiger partial charge in [0, 0.05) is 6.54 Å². The third-order valence-electron chi connectivity index (χ3n) is 3.41. The second-order valence-electron chi connectivity index (χ2n) is 4.80. The number of carbonyl (C=O) groups is 1. The number of hydrogen-bond donors (Lipinski definition) is 1. The molecule has 0 bridgehead atoms. The Morgan fingerprint density at radius 2 is 2.06 bits per heavy atom. The normalized spacial score (nSPS) is 30.1. The van der Waals surface area contributed by atoms with Crippen molar-refractivity contribution in [1.29, 1.82) is 0 Å². The maximum atomic E-state index is 11.4. The molecule has 1 amide bonds. The first-order valence-corrected chi connectivity index (χ1v) is 6.42. The highest BCUT2D eigenvalue weighted by Gasteiger charge is 2.32. The summed E-state index contributed by atoms with van der Waals surface area (Å²) in [5.41, 5.74) is 1.22. The molecular weight excluding hydrogens is 230 g/mol. The van der Waals surface area contributed by atoms with E-state index in [2.05, 4.69) is 17.4 Å². The summed E-state index contributed by atoms with van der Waals surface area (Å²) in [5.74, 6) is -0.0123. The Hall–Kier alpha value is -1.39. The molecule has 0 radical (unpaired) electrons. The molecule has 2 fully saturated rings. The molecule has 0 saturated carbocycles. The maximum Gasteiger partial charge on any atom is 0.251 e. The zero-order chi connectivity index (χ0) is 12.4. The highest BCUT2D eigenvalue weighted by atomic mass is 16.6. The molecule has 0 aromatic heterocycles. The second-order valence-corrected chi connectivity index (χ2v) is 4.80. The van der Waals surface area contributed by atoms with E-state index >= 15 is 0 Å². The van der Waals surface area contributed by atoms with Gasteiger partial charge in [0.2, 0.25) is 0 Å². The first-order valence-electron chi connectivity index (χ1n) is 6.42. The molecule has 1 aromatic carbocycles. The van der Waals surface area contributed by atoms with Crippen LogP contribution in [0, 0.1) is 0 Å². The largest absolute Gasteiger partial charge is 0.368 e. The average molecular weight is 247 g/mol. The summed E-state index contributed by atoms with van der Waals surface area (Å²) in [6, 6.07) is 10.2. The number of amides is 1. The summed E-state index contributed by atoms with van der Waals surface area (Å²) in [6.07, 6.45) is 2.09. The van der Waals surface area contributed by atoms with Gasteiger partial charge in [-0.2, -0.15) is 0 Å². The summed E-state index contributed by atoms with van der Waals surface area (Å²) in [6.45, 7) is 1.14. The molecule has 0 spiro atoms. The van der Waals surface area contributed by atoms with E-state index in [1.165, 1.54) is 5.56 Å². The van der Waals surface area contributed by atoms with Crippen LogP contribution in [0.4, 0.5) is 0 Å². The van der Waals surface area contributed by atoms with Gasteiger partial charge >= 0.3 is 0 Å². The minimum absolute atomic E-state index is 0.0123. The summed E-state index contributed by atoms with van der Waals surface area (Å²) in [4.78, 5) is 11.4. The average Bonchev–Trinajstić information content (AvgIpc) is 3.16. The van der Waals surface area contributed by atoms with Gasteiger partial charge in [-0.15, -0.1) is 0 Å². The van der Waals surface area contributed by atoms with Crippen LogP contribution < -0.4 is 5.32 Å². The van der Waals surface area contributed by atoms with E-state index in [0.29, 0.717) is 13.2 Å². The topological polar surface area (TPSA) is 50.9 Å². The molecule has 1 aromatic rings. The molecule has 1 unspecified atom stereocenters. The third-order valence-corrected chi connectivity index (χ3v) is 3.41. The lowest BCUT2D eigenvalue weighted by atomic mass is 10.1. The quantitative estimate of drug-likeness (QED) is 0.819. The van der Waals surface area contributed by atoms with Crippen molar-refractivity contribution in [3.05, 3.63) is 35.9 Å². The molecular formula is C14H17NO3. The predicted molar refractivity (Wildman–Crippen MR) is 66.0 cm³/mol. The Morgan fingerprint density at radius 3 is 2.78 bits per heavy atom. The lowest BCUT2D eigenvalue weighted by Gasteiger charge is -2.14. The summed E-state index contributed by atoms with van der Waals surface area (Å²) >= 11 is 0. The summed E-state index contributed by atoms with van der Waals surface area (Å²) in [5, 5.41) is 2.87. The Labute approximate surface area is 106 Å². The zero-order valence-corrected chi connectivity index (χ0v) is 10.2. The Bertz CT molecular complexity index is 416. The van der Waals surface area contributed by atoms with E-state index in [9.17, 15) is 4.79 Å². The van der Waals surface area contributed by atoms with Gasteiger partial charge in [0.05, 0.1) is 18.8 Å². The van der Waals surface area contributed by atoms with Gasteiger partial charge in [-0.1, -0.05) is 30.3 Å². The van der Waals surface area contributed by atoms with E-state index in [0.717, 1.165) is 12.8 Å². The molecule has 3 rings (SSSR count). The van der Waals surface area contributed by atoms with Gasteiger partial charge in [-0.3, -0.25) is 4.79 Å². The minimum atomic E-state index is -0.212. The van der Waals surface area contributed by atoms with E-state index in [-0.39, 0.29) is 24.2 Å². The first-order chi connectivity index (χ1) is 8.83. The molecule has 2 aliphatic rings. The van der Waals surface area contributed by atoms with Gasteiger partial charge in [-0.05, 0) is 18.4 Å². The van der Waals surface area contributed by atoms with Crippen molar-refractivity contribution in [2.45, 2.75) is 31.2 Å². The monoisotopic (exact) mass is 247 g/mol. The molecule has 2 heterocycles. The van der Waals surface area contributed by atoms with Gasteiger partial charge in [0.25, 0.3) is 5.91 Å². The molecule has 3 atom stereocenters. The van der Waals surface area contributed by atoms with Crippen molar-refractivity contribution in [3.8, 4) is 0 Å². The van der Waals surface area contributed by atoms with Crippen LogP contribution in [0.2, 0.25) is 0 Å². The van der Waals surface area contributed by atoms with Crippen LogP contribution in [0.3, 0.4) is 0 Å². The number of nitrogens with one attached hydrogen (secondary N) is 1. The Kier molecular flexibility index (Phi) is 3.30. The minimum Gasteiger partial charge on any atom is -0.368 e. The zero-order valence-electron chi connectivity index (χ0n) is 10.2. The molecule has 4 nitrogen and oxygen atoms in total. The first kappa shape index (κ1) is 11.7. The standard InChI is InChI=1S/C14H17NO3/c16-14(13-9-17-13)15-8-11-6-7-12(18-11)10-4-2-1-3-5-10/h1-5,11-13H,6-9H2,(H,15,16)/t11-,12+,13?/m0/s1. The van der Waals surface area contributed by atoms with Crippen molar-refractivity contribution in [3.63, 3.8) is 0 Å². The van der Waals surface area contributed by atoms with E-state index in [1.54, 1.807) is 0 Å². The van der Waals surface area contributed by atoms with Crippen LogP contribution in [0.1, 0.15) is 24.5 Å². The van der Waals surface area contributed by atoms with Crippen LogP contribution in [-0.4, -0.2) is 31.3 Å². The SMILES string of the molecule is O=C(NC[C@@H]1CC[C@H](c2ccccc2)O1)C1CO1. The second kappa shape index (κ2) is 5.08. The lowest BCUT2D eigenvalue weighted by molar-refractivity contribution is -0.122. The highest BCUT2D eigenvalue weighted by Crippen LogP contribution is 2.32. The number of hydrogen-bond acceptors (Lipinski definition) is 3. The maximum absolute atomic E-state index is 11.4. The van der Waals surface area contributed by atoms with Crippen LogP contribution in [0.15, 0.2) is 30.3 Å². The van der Waals surface area contributed by atoms with E-state index < -0.39 is 0 Å². The molecule has 0 aliphatic carbocycles. The van der Waals surface area contributed by atoms with Crippen LogP contribution >= 0.6 is 0 Å². The highest BCUT2D eigenvalue weighted by molar-refractivity contribution is 5.82. The Morgan fingerprint density at radius 1 is 1.28 bits per heavy atom. The third kappa shape index (κ3) is 2.71. The fourth-order valence-electron chi connectivity index (χ4n) is 2.30. The lowest BCUT2D eigenvalue weighted by Crippen LogP contribution is -2.34. The molecule has 1 N–H and O–H groups in total. The molecule has 2 aliphatic heterocycles. The van der Waals surface area contributed by atoms with Gasteiger partial charge < -0.3 is 14.8 Å². The van der Waals surface area contributed by atoms with Gasteiger partial charge in [-0.25, -0.2) is 0 Å². The van der Waals surface area contributed by atoms with Crippen molar-refractivity contribution in [2.24, 2.45) is 0 Å². The molecule has 2 saturated heterocycles. The van der Waals surface area contributed by atoms with Crippen LogP contribution in [-0.2, 0) is 14.3 Å². The molecule has 4 heteroatoms. The van der Waals surface area contributed by atoms with Gasteiger partial charge in [0.1, 0.15) is 0 Å². The molecule has 18 heavy (non-hydrogen) atoms. The van der Waals surface area contributed by atoms with Crippen molar-refractivity contribution < 1.29 is 14.3 Å². The number of benzene rings is 1. The summed E-state index contributed by atoms with van der Waals surface area (Å²) in [7, 11) is 0. The van der Waals surface area contributed by atoms with Crippen molar-refractivity contribution in [1.82, 2.24) is 5.32 Å². The smallest absolute Gasteiger partial charge is 0.251 e. The van der Waals surface area contributed by atoms with Crippen molar-refractivity contribution >= 4 is 5.91 Å². The van der Waals surface area contributed by atoms with E-state index in [4.69, 9.17) is 9.47 Å². The fourth-order valence-corrected chi connectivity index (χ4v) is 2.30.